The van der Waals surface area contributed by atoms with Gasteiger partial charge in [0.05, 0.1) is 31.8 Å². The van der Waals surface area contributed by atoms with Gasteiger partial charge in [-0.15, -0.1) is 0 Å². The first kappa shape index (κ1) is 30.7. The van der Waals surface area contributed by atoms with Crippen LogP contribution in [0, 0.1) is 13.8 Å². The van der Waals surface area contributed by atoms with E-state index < -0.39 is 0 Å². The van der Waals surface area contributed by atoms with Gasteiger partial charge in [-0.2, -0.15) is 5.10 Å². The Morgan fingerprint density at radius 3 is 2.33 bits per heavy atom. The summed E-state index contributed by atoms with van der Waals surface area (Å²) in [6.07, 6.45) is 0.234. The van der Waals surface area contributed by atoms with Gasteiger partial charge in [0.2, 0.25) is 5.91 Å². The van der Waals surface area contributed by atoms with Crippen LogP contribution in [-0.2, 0) is 33.8 Å². The number of aromatic nitrogens is 2. The van der Waals surface area contributed by atoms with E-state index in [0.29, 0.717) is 26.2 Å². The number of nitrogens with one attached hydrogen (secondary N) is 1. The van der Waals surface area contributed by atoms with Crippen molar-refractivity contribution in [2.75, 3.05) is 46.4 Å². The number of benzene rings is 2. The zero-order valence-corrected chi connectivity index (χ0v) is 24.1. The van der Waals surface area contributed by atoms with Crippen molar-refractivity contribution in [3.63, 3.8) is 0 Å². The van der Waals surface area contributed by atoms with Crippen LogP contribution in [0.25, 0.3) is 0 Å². The van der Waals surface area contributed by atoms with Gasteiger partial charge in [-0.25, -0.2) is 4.68 Å². The number of rotatable bonds is 9. The van der Waals surface area contributed by atoms with E-state index in [4.69, 9.17) is 4.74 Å². The van der Waals surface area contributed by atoms with Gasteiger partial charge in [0, 0.05) is 38.8 Å². The van der Waals surface area contributed by atoms with Crippen molar-refractivity contribution < 1.29 is 14.3 Å². The molecule has 1 N–H and O–H groups in total. The van der Waals surface area contributed by atoms with Crippen LogP contribution in [0.5, 0.6) is 0 Å². The standard InChI is InChI=1S/C16H18N2O3.C15H23N3O/c1-3-21-16(20)10-13-5-4-6-14(9-13)11-18-15(19)8-7-12(2)17-18;1-13-3-5-14(6-4-13)11-16-15(19)12-18-9-7-17(2)8-10-18/h4-9H,3,10-11H2,1-2H3;3-6H,7-12H2,1-2H3,(H,16,19). The number of nitrogens with zero attached hydrogens (tertiary/aromatic N) is 4. The minimum Gasteiger partial charge on any atom is -0.466 e. The molecule has 0 unspecified atom stereocenters. The topological polar surface area (TPSA) is 96.8 Å². The second-order valence-corrected chi connectivity index (χ2v) is 10.1. The number of carbonyl (C=O) groups excluding carboxylic acids is 2. The van der Waals surface area contributed by atoms with Gasteiger partial charge in [0.1, 0.15) is 0 Å². The second kappa shape index (κ2) is 15.7. The lowest BCUT2D eigenvalue weighted by molar-refractivity contribution is -0.142. The Bertz CT molecular complexity index is 1300. The number of likely N-dealkylation sites (N-methyl/N-ethyl adjacent to an activating group) is 1. The number of carbonyl (C=O) groups is 2. The summed E-state index contributed by atoms with van der Waals surface area (Å²) >= 11 is 0. The third kappa shape index (κ3) is 10.7. The molecule has 3 aromatic rings. The van der Waals surface area contributed by atoms with Crippen LogP contribution in [-0.4, -0.2) is 77.8 Å². The van der Waals surface area contributed by atoms with E-state index in [1.54, 1.807) is 13.0 Å². The molecule has 0 aliphatic carbocycles. The first-order valence-electron chi connectivity index (χ1n) is 13.7. The molecular formula is C31H41N5O4. The fourth-order valence-corrected chi connectivity index (χ4v) is 4.23. The average molecular weight is 548 g/mol. The Hall–Kier alpha value is -3.82. The van der Waals surface area contributed by atoms with Crippen molar-refractivity contribution >= 4 is 11.9 Å². The number of ether oxygens (including phenoxy) is 1. The smallest absolute Gasteiger partial charge is 0.310 e. The van der Waals surface area contributed by atoms with Crippen molar-refractivity contribution in [3.8, 4) is 0 Å². The van der Waals surface area contributed by atoms with Crippen molar-refractivity contribution in [1.29, 1.82) is 0 Å². The first-order chi connectivity index (χ1) is 19.2. The van der Waals surface area contributed by atoms with Gasteiger partial charge < -0.3 is 15.0 Å². The number of hydrogen-bond acceptors (Lipinski definition) is 7. The normalized spacial score (nSPS) is 13.7. The second-order valence-electron chi connectivity index (χ2n) is 10.1. The van der Waals surface area contributed by atoms with Crippen LogP contribution >= 0.6 is 0 Å². The molecule has 2 heterocycles. The van der Waals surface area contributed by atoms with Crippen LogP contribution in [0.1, 0.15) is 34.9 Å². The predicted molar refractivity (Wildman–Crippen MR) is 156 cm³/mol. The Labute approximate surface area is 236 Å². The molecule has 0 bridgehead atoms. The molecule has 9 heteroatoms. The molecule has 1 saturated heterocycles. The lowest BCUT2D eigenvalue weighted by atomic mass is 10.1. The number of esters is 1. The summed E-state index contributed by atoms with van der Waals surface area (Å²) in [7, 11) is 2.12. The van der Waals surface area contributed by atoms with Crippen molar-refractivity contribution in [2.45, 2.75) is 40.3 Å². The van der Waals surface area contributed by atoms with Gasteiger partial charge in [-0.05, 0) is 50.6 Å². The van der Waals surface area contributed by atoms with Crippen LogP contribution in [0.3, 0.4) is 0 Å². The number of hydrogen-bond donors (Lipinski definition) is 1. The lowest BCUT2D eigenvalue weighted by Crippen LogP contribution is -2.48. The monoisotopic (exact) mass is 547 g/mol. The number of aryl methyl sites for hydroxylation is 2. The summed E-state index contributed by atoms with van der Waals surface area (Å²) in [5.41, 5.74) is 4.84. The fraction of sp³-hybridized carbons (Fsp3) is 0.419. The maximum atomic E-state index is 11.9. The summed E-state index contributed by atoms with van der Waals surface area (Å²) in [4.78, 5) is 39.6. The molecule has 4 rings (SSSR count). The van der Waals surface area contributed by atoms with E-state index in [1.807, 2.05) is 31.2 Å². The molecule has 0 saturated carbocycles. The maximum absolute atomic E-state index is 11.9. The largest absolute Gasteiger partial charge is 0.466 e. The van der Waals surface area contributed by atoms with Crippen molar-refractivity contribution in [2.24, 2.45) is 0 Å². The molecule has 2 aromatic carbocycles. The SMILES string of the molecule is CCOC(=O)Cc1cccc(Cn2nc(C)ccc2=O)c1.Cc1ccc(CNC(=O)CN2CCN(C)CC2)cc1. The number of piperazine rings is 1. The van der Waals surface area contributed by atoms with Crippen molar-refractivity contribution in [3.05, 3.63) is 99.0 Å². The highest BCUT2D eigenvalue weighted by molar-refractivity contribution is 5.78. The average Bonchev–Trinajstić information content (AvgIpc) is 2.92. The van der Waals surface area contributed by atoms with E-state index in [0.717, 1.165) is 48.6 Å². The minimum atomic E-state index is -0.250. The first-order valence-corrected chi connectivity index (χ1v) is 13.7. The van der Waals surface area contributed by atoms with Crippen LogP contribution in [0.2, 0.25) is 0 Å². The Morgan fingerprint density at radius 1 is 0.925 bits per heavy atom. The van der Waals surface area contributed by atoms with E-state index in [1.165, 1.54) is 16.3 Å². The third-order valence-corrected chi connectivity index (χ3v) is 6.55. The van der Waals surface area contributed by atoms with Gasteiger partial charge in [-0.3, -0.25) is 19.3 Å². The summed E-state index contributed by atoms with van der Waals surface area (Å²) in [6, 6.07) is 19.0. The highest BCUT2D eigenvalue weighted by Crippen LogP contribution is 2.08. The molecule has 214 valence electrons. The zero-order valence-electron chi connectivity index (χ0n) is 24.1. The van der Waals surface area contributed by atoms with Crippen LogP contribution < -0.4 is 10.9 Å². The third-order valence-electron chi connectivity index (χ3n) is 6.55. The van der Waals surface area contributed by atoms with E-state index >= 15 is 0 Å². The van der Waals surface area contributed by atoms with E-state index in [-0.39, 0.29) is 23.9 Å². The molecule has 9 nitrogen and oxygen atoms in total. The number of amides is 1. The van der Waals surface area contributed by atoms with Gasteiger partial charge in [-0.1, -0.05) is 54.1 Å². The highest BCUT2D eigenvalue weighted by atomic mass is 16.5. The Kier molecular flexibility index (Phi) is 12.0. The molecule has 1 aromatic heterocycles. The molecule has 40 heavy (non-hydrogen) atoms. The molecule has 1 fully saturated rings. The quantitative estimate of drug-likeness (QED) is 0.412. The molecule has 1 aliphatic rings. The summed E-state index contributed by atoms with van der Waals surface area (Å²) < 4.78 is 6.35. The molecule has 1 aliphatic heterocycles. The highest BCUT2D eigenvalue weighted by Gasteiger charge is 2.16. The lowest BCUT2D eigenvalue weighted by Gasteiger charge is -2.31. The molecule has 0 atom stereocenters. The minimum absolute atomic E-state index is 0.116. The Morgan fingerprint density at radius 2 is 1.62 bits per heavy atom. The van der Waals surface area contributed by atoms with Gasteiger partial charge >= 0.3 is 5.97 Å². The van der Waals surface area contributed by atoms with Gasteiger partial charge in [0.25, 0.3) is 5.56 Å². The summed E-state index contributed by atoms with van der Waals surface area (Å²) in [6.45, 7) is 11.6. The fourth-order valence-electron chi connectivity index (χ4n) is 4.23. The van der Waals surface area contributed by atoms with Crippen LogP contribution in [0.15, 0.2) is 65.5 Å². The molecule has 0 radical (unpaired) electrons. The zero-order chi connectivity index (χ0) is 28.9. The molecule has 0 spiro atoms. The Balaban J connectivity index is 0.000000222. The molecular weight excluding hydrogens is 506 g/mol. The van der Waals surface area contributed by atoms with Crippen LogP contribution in [0.4, 0.5) is 0 Å². The summed E-state index contributed by atoms with van der Waals surface area (Å²) in [5.74, 6) is -0.134. The van der Waals surface area contributed by atoms with Gasteiger partial charge in [0.15, 0.2) is 0 Å². The summed E-state index contributed by atoms with van der Waals surface area (Å²) in [5, 5.41) is 7.18. The van der Waals surface area contributed by atoms with Crippen molar-refractivity contribution in [1.82, 2.24) is 24.9 Å². The van der Waals surface area contributed by atoms with E-state index in [2.05, 4.69) is 58.5 Å². The predicted octanol–water partition coefficient (Wildman–Crippen LogP) is 2.56. The molecule has 1 amide bonds. The maximum Gasteiger partial charge on any atom is 0.310 e. The van der Waals surface area contributed by atoms with E-state index in [9.17, 15) is 14.4 Å².